The normalized spacial score (nSPS) is 12.6. The third-order valence-corrected chi connectivity index (χ3v) is 2.71. The van der Waals surface area contributed by atoms with E-state index in [4.69, 9.17) is 0 Å². The summed E-state index contributed by atoms with van der Waals surface area (Å²) in [6, 6.07) is 3.99. The van der Waals surface area contributed by atoms with Crippen molar-refractivity contribution in [3.63, 3.8) is 0 Å². The monoisotopic (exact) mass is 329 g/mol. The molecule has 0 aliphatic carbocycles. The van der Waals surface area contributed by atoms with Gasteiger partial charge >= 0.3 is 12.4 Å². The highest BCUT2D eigenvalue weighted by atomic mass is 19.4. The molecule has 2 aromatic rings. The van der Waals surface area contributed by atoms with Crippen LogP contribution in [0.15, 0.2) is 24.3 Å². The molecule has 0 radical (unpaired) electrons. The van der Waals surface area contributed by atoms with Crippen LogP contribution >= 0.6 is 0 Å². The van der Waals surface area contributed by atoms with E-state index in [0.29, 0.717) is 11.6 Å². The largest absolute Gasteiger partial charge is 0.573 e. The number of nitrogens with one attached hydrogen (secondary N) is 3. The zero-order valence-electron chi connectivity index (χ0n) is 12.2. The Morgan fingerprint density at radius 3 is 2.65 bits per heavy atom. The SMILES string of the molecule is Cc1nc([C@H](C)NC(=O)Nc2ccccc2OC(F)(F)F)n[nH]1. The highest BCUT2D eigenvalue weighted by molar-refractivity contribution is 5.91. The number of nitrogens with zero attached hydrogens (tertiary/aromatic N) is 2. The molecule has 3 N–H and O–H groups in total. The molecule has 10 heteroatoms. The van der Waals surface area contributed by atoms with Crippen LogP contribution in [0.1, 0.15) is 24.6 Å². The number of aryl methyl sites for hydroxylation is 1. The summed E-state index contributed by atoms with van der Waals surface area (Å²) < 4.78 is 40.8. The van der Waals surface area contributed by atoms with Gasteiger partial charge < -0.3 is 15.4 Å². The predicted molar refractivity (Wildman–Crippen MR) is 74.8 cm³/mol. The van der Waals surface area contributed by atoms with E-state index in [-0.39, 0.29) is 5.69 Å². The maximum atomic E-state index is 12.3. The highest BCUT2D eigenvalue weighted by Gasteiger charge is 2.32. The number of aromatic amines is 1. The summed E-state index contributed by atoms with van der Waals surface area (Å²) in [6.07, 6.45) is -4.85. The lowest BCUT2D eigenvalue weighted by atomic mass is 10.3. The van der Waals surface area contributed by atoms with Gasteiger partial charge in [-0.3, -0.25) is 5.10 Å². The summed E-state index contributed by atoms with van der Waals surface area (Å²) in [4.78, 5) is 16.0. The minimum atomic E-state index is -4.85. The number of H-pyrrole nitrogens is 1. The second-order valence-electron chi connectivity index (χ2n) is 4.64. The molecule has 1 aromatic heterocycles. The van der Waals surface area contributed by atoms with Crippen molar-refractivity contribution in [3.8, 4) is 5.75 Å². The van der Waals surface area contributed by atoms with Crippen molar-refractivity contribution >= 4 is 11.7 Å². The Labute approximate surface area is 129 Å². The van der Waals surface area contributed by atoms with Gasteiger partial charge in [-0.15, -0.1) is 13.2 Å². The van der Waals surface area contributed by atoms with Crippen molar-refractivity contribution < 1.29 is 22.7 Å². The predicted octanol–water partition coefficient (Wildman–Crippen LogP) is 2.89. The molecule has 0 fully saturated rings. The van der Waals surface area contributed by atoms with Gasteiger partial charge in [0.05, 0.1) is 11.7 Å². The van der Waals surface area contributed by atoms with Crippen LogP contribution in [0.25, 0.3) is 0 Å². The second-order valence-corrected chi connectivity index (χ2v) is 4.64. The summed E-state index contributed by atoms with van der Waals surface area (Å²) in [5, 5.41) is 11.3. The van der Waals surface area contributed by atoms with Crippen molar-refractivity contribution in [2.45, 2.75) is 26.3 Å². The van der Waals surface area contributed by atoms with Gasteiger partial charge in [0.1, 0.15) is 5.82 Å². The molecule has 0 saturated carbocycles. The number of para-hydroxylation sites is 2. The fourth-order valence-electron chi connectivity index (χ4n) is 1.76. The number of rotatable bonds is 4. The van der Waals surface area contributed by atoms with E-state index >= 15 is 0 Å². The summed E-state index contributed by atoms with van der Waals surface area (Å²) in [5.41, 5.74) is -0.110. The first-order chi connectivity index (χ1) is 10.7. The van der Waals surface area contributed by atoms with Gasteiger partial charge in [0, 0.05) is 0 Å². The van der Waals surface area contributed by atoms with Crippen LogP contribution in [0.4, 0.5) is 23.7 Å². The van der Waals surface area contributed by atoms with Crippen LogP contribution in [0.3, 0.4) is 0 Å². The molecule has 0 spiro atoms. The van der Waals surface area contributed by atoms with Gasteiger partial charge in [-0.1, -0.05) is 12.1 Å². The molecule has 0 aliphatic rings. The summed E-state index contributed by atoms with van der Waals surface area (Å²) in [5.74, 6) is 0.437. The third kappa shape index (κ3) is 4.87. The number of amides is 2. The molecule has 1 aromatic carbocycles. The number of halogens is 3. The lowest BCUT2D eigenvalue weighted by molar-refractivity contribution is -0.274. The molecule has 1 atom stereocenters. The fraction of sp³-hybridized carbons (Fsp3) is 0.308. The lowest BCUT2D eigenvalue weighted by Crippen LogP contribution is -2.32. The molecule has 1 heterocycles. The van der Waals surface area contributed by atoms with E-state index < -0.39 is 24.2 Å². The topological polar surface area (TPSA) is 91.9 Å². The maximum Gasteiger partial charge on any atom is 0.573 e. The second kappa shape index (κ2) is 6.55. The first kappa shape index (κ1) is 16.6. The van der Waals surface area contributed by atoms with Crippen molar-refractivity contribution in [1.82, 2.24) is 20.5 Å². The number of urea groups is 1. The number of hydrogen-bond donors (Lipinski definition) is 3. The zero-order valence-corrected chi connectivity index (χ0v) is 12.2. The number of benzene rings is 1. The van der Waals surface area contributed by atoms with E-state index in [1.807, 2.05) is 0 Å². The molecule has 0 saturated heterocycles. The Hall–Kier alpha value is -2.78. The first-order valence-corrected chi connectivity index (χ1v) is 6.56. The van der Waals surface area contributed by atoms with Gasteiger partial charge in [0.15, 0.2) is 11.6 Å². The van der Waals surface area contributed by atoms with E-state index in [1.54, 1.807) is 13.8 Å². The van der Waals surface area contributed by atoms with Crippen LogP contribution in [0.5, 0.6) is 5.75 Å². The average Bonchev–Trinajstić information content (AvgIpc) is 2.86. The van der Waals surface area contributed by atoms with Crippen molar-refractivity contribution in [3.05, 3.63) is 35.9 Å². The maximum absolute atomic E-state index is 12.3. The van der Waals surface area contributed by atoms with Gasteiger partial charge in [0.25, 0.3) is 0 Å². The first-order valence-electron chi connectivity index (χ1n) is 6.56. The van der Waals surface area contributed by atoms with Crippen LogP contribution in [-0.4, -0.2) is 27.6 Å². The smallest absolute Gasteiger partial charge is 0.404 e. The molecule has 0 aliphatic heterocycles. The Kier molecular flexibility index (Phi) is 4.72. The number of alkyl halides is 3. The van der Waals surface area contributed by atoms with Crippen LogP contribution < -0.4 is 15.4 Å². The summed E-state index contributed by atoms with van der Waals surface area (Å²) in [6.45, 7) is 3.34. The molecular formula is C13H14F3N5O2. The summed E-state index contributed by atoms with van der Waals surface area (Å²) >= 11 is 0. The minimum absolute atomic E-state index is 0.110. The third-order valence-electron chi connectivity index (χ3n) is 2.71. The molecular weight excluding hydrogens is 315 g/mol. The molecule has 0 unspecified atom stereocenters. The Morgan fingerprint density at radius 2 is 2.04 bits per heavy atom. The molecule has 23 heavy (non-hydrogen) atoms. The van der Waals surface area contributed by atoms with Gasteiger partial charge in [-0.25, -0.2) is 9.78 Å². The van der Waals surface area contributed by atoms with Crippen molar-refractivity contribution in [2.75, 3.05) is 5.32 Å². The van der Waals surface area contributed by atoms with Crippen molar-refractivity contribution in [1.29, 1.82) is 0 Å². The molecule has 7 nitrogen and oxygen atoms in total. The molecule has 2 rings (SSSR count). The standard InChI is InChI=1S/C13H14F3N5O2/c1-7(11-18-8(2)20-21-11)17-12(22)19-9-5-3-4-6-10(9)23-13(14,15)16/h3-7H,1-2H3,(H2,17,19,22)(H,18,20,21)/t7-/m0/s1. The number of carbonyl (C=O) groups excluding carboxylic acids is 1. The number of hydrogen-bond acceptors (Lipinski definition) is 4. The number of anilines is 1. The fourth-order valence-corrected chi connectivity index (χ4v) is 1.76. The van der Waals surface area contributed by atoms with Gasteiger partial charge in [0.2, 0.25) is 0 Å². The molecule has 2 amide bonds. The van der Waals surface area contributed by atoms with E-state index in [0.717, 1.165) is 6.07 Å². The number of ether oxygens (including phenoxy) is 1. The zero-order chi connectivity index (χ0) is 17.0. The number of aromatic nitrogens is 3. The lowest BCUT2D eigenvalue weighted by Gasteiger charge is -2.15. The highest BCUT2D eigenvalue weighted by Crippen LogP contribution is 2.29. The molecule has 0 bridgehead atoms. The Morgan fingerprint density at radius 1 is 1.35 bits per heavy atom. The van der Waals surface area contributed by atoms with E-state index in [1.165, 1.54) is 18.2 Å². The minimum Gasteiger partial charge on any atom is -0.404 e. The van der Waals surface area contributed by atoms with Crippen LogP contribution in [0, 0.1) is 6.92 Å². The average molecular weight is 329 g/mol. The Bertz CT molecular complexity index is 686. The van der Waals surface area contributed by atoms with E-state index in [9.17, 15) is 18.0 Å². The van der Waals surface area contributed by atoms with Crippen molar-refractivity contribution in [2.24, 2.45) is 0 Å². The summed E-state index contributed by atoms with van der Waals surface area (Å²) in [7, 11) is 0. The van der Waals surface area contributed by atoms with Gasteiger partial charge in [-0.05, 0) is 26.0 Å². The quantitative estimate of drug-likeness (QED) is 0.804. The van der Waals surface area contributed by atoms with E-state index in [2.05, 4.69) is 30.6 Å². The number of carbonyl (C=O) groups is 1. The van der Waals surface area contributed by atoms with Crippen LogP contribution in [0.2, 0.25) is 0 Å². The Balaban J connectivity index is 2.03. The van der Waals surface area contributed by atoms with Gasteiger partial charge in [-0.2, -0.15) is 5.10 Å². The van der Waals surface area contributed by atoms with Crippen LogP contribution in [-0.2, 0) is 0 Å². The molecule has 124 valence electrons.